The van der Waals surface area contributed by atoms with E-state index in [0.29, 0.717) is 6.42 Å². The minimum absolute atomic E-state index is 0.0265. The van der Waals surface area contributed by atoms with Crippen LogP contribution in [0.25, 0.3) is 0 Å². The van der Waals surface area contributed by atoms with Crippen molar-refractivity contribution in [1.82, 2.24) is 21.3 Å². The van der Waals surface area contributed by atoms with Gasteiger partial charge >= 0.3 is 17.9 Å². The first-order valence-electron chi connectivity index (χ1n) is 13.5. The van der Waals surface area contributed by atoms with Gasteiger partial charge in [-0.3, -0.25) is 28.8 Å². The van der Waals surface area contributed by atoms with E-state index in [9.17, 15) is 43.8 Å². The molecule has 15 nitrogen and oxygen atoms in total. The zero-order valence-corrected chi connectivity index (χ0v) is 24.4. The Morgan fingerprint density at radius 3 is 1.20 bits per heavy atom. The highest BCUT2D eigenvalue weighted by molar-refractivity contribution is 5.96. The second kappa shape index (κ2) is 17.8. The Morgan fingerprint density at radius 1 is 0.512 bits per heavy atom. The molecule has 5 atom stereocenters. The van der Waals surface area contributed by atoms with Crippen molar-refractivity contribution in [2.24, 2.45) is 23.5 Å². The van der Waals surface area contributed by atoms with Crippen LogP contribution in [-0.4, -0.2) is 87.1 Å². The summed E-state index contributed by atoms with van der Waals surface area (Å²) in [6.07, 6.45) is -1.23. The minimum Gasteiger partial charge on any atom is -0.481 e. The number of amides is 4. The van der Waals surface area contributed by atoms with Gasteiger partial charge in [0, 0.05) is 0 Å². The Morgan fingerprint density at radius 2 is 0.829 bits per heavy atom. The van der Waals surface area contributed by atoms with Crippen molar-refractivity contribution in [3.05, 3.63) is 0 Å². The Kier molecular flexibility index (Phi) is 16.2. The van der Waals surface area contributed by atoms with E-state index in [4.69, 9.17) is 10.8 Å². The summed E-state index contributed by atoms with van der Waals surface area (Å²) in [6.45, 7) is 11.0. The molecule has 0 heterocycles. The molecule has 0 saturated heterocycles. The quantitative estimate of drug-likeness (QED) is 0.0949. The van der Waals surface area contributed by atoms with E-state index >= 15 is 0 Å². The van der Waals surface area contributed by atoms with Gasteiger partial charge in [0.1, 0.15) is 24.2 Å². The molecule has 0 rings (SSSR count). The molecule has 9 N–H and O–H groups in total. The Balaban J connectivity index is 5.89. The Labute approximate surface area is 239 Å². The van der Waals surface area contributed by atoms with Crippen LogP contribution in [0.5, 0.6) is 0 Å². The summed E-state index contributed by atoms with van der Waals surface area (Å²) in [6, 6.07) is -6.78. The van der Waals surface area contributed by atoms with Crippen LogP contribution in [0.4, 0.5) is 0 Å². The van der Waals surface area contributed by atoms with Gasteiger partial charge in [-0.25, -0.2) is 4.79 Å². The van der Waals surface area contributed by atoms with E-state index in [0.717, 1.165) is 0 Å². The third-order valence-corrected chi connectivity index (χ3v) is 5.75. The number of carbonyl (C=O) groups excluding carboxylic acids is 4. The molecule has 0 aromatic heterocycles. The molecule has 0 radical (unpaired) electrons. The lowest BCUT2D eigenvalue weighted by molar-refractivity contribution is -0.148. The zero-order valence-electron chi connectivity index (χ0n) is 24.4. The Bertz CT molecular complexity index is 953. The first-order valence-corrected chi connectivity index (χ1v) is 13.5. The van der Waals surface area contributed by atoms with E-state index in [1.54, 1.807) is 13.8 Å². The number of carboxylic acid groups (broad SMARTS) is 3. The molecule has 0 unspecified atom stereocenters. The number of aliphatic carboxylic acids is 3. The van der Waals surface area contributed by atoms with Crippen molar-refractivity contribution in [2.75, 3.05) is 0 Å². The van der Waals surface area contributed by atoms with Gasteiger partial charge in [-0.2, -0.15) is 0 Å². The molecule has 0 spiro atoms. The van der Waals surface area contributed by atoms with Crippen LogP contribution in [0, 0.1) is 17.8 Å². The van der Waals surface area contributed by atoms with Crippen LogP contribution in [0.3, 0.4) is 0 Å². The van der Waals surface area contributed by atoms with Gasteiger partial charge in [0.05, 0.1) is 18.9 Å². The molecule has 0 aromatic carbocycles. The number of hydrogen-bond acceptors (Lipinski definition) is 8. The molecule has 0 saturated carbocycles. The summed E-state index contributed by atoms with van der Waals surface area (Å²) >= 11 is 0. The van der Waals surface area contributed by atoms with Crippen molar-refractivity contribution in [1.29, 1.82) is 0 Å². The second-order valence-electron chi connectivity index (χ2n) is 11.3. The molecular formula is C26H45N5O10. The van der Waals surface area contributed by atoms with Crippen molar-refractivity contribution in [3.8, 4) is 0 Å². The largest absolute Gasteiger partial charge is 0.481 e. The summed E-state index contributed by atoms with van der Waals surface area (Å²) in [5.74, 6) is -8.10. The third kappa shape index (κ3) is 15.6. The molecule has 0 aliphatic heterocycles. The Hall–Kier alpha value is -3.75. The van der Waals surface area contributed by atoms with Crippen LogP contribution in [-0.2, 0) is 33.6 Å². The molecule has 0 aliphatic carbocycles. The monoisotopic (exact) mass is 587 g/mol. The standard InChI is InChI=1S/C26H45N5O10/c1-12(2)7-15(27)22(36)28-16(8-13(3)4)23(37)29-17(9-14(5)6)24(38)30-18(10-20(32)33)25(39)31-19(26(40)41)11-21(34)35/h12-19H,7-11,27H2,1-6H3,(H,28,36)(H,29,37)(H,30,38)(H,31,39)(H,32,33)(H,34,35)(H,40,41)/t15-,16-,17-,18-,19-/m0/s1. The molecule has 0 fully saturated rings. The van der Waals surface area contributed by atoms with E-state index in [2.05, 4.69) is 16.0 Å². The highest BCUT2D eigenvalue weighted by Gasteiger charge is 2.33. The van der Waals surface area contributed by atoms with Crippen molar-refractivity contribution in [2.45, 2.75) is 104 Å². The smallest absolute Gasteiger partial charge is 0.326 e. The molecular weight excluding hydrogens is 542 g/mol. The third-order valence-electron chi connectivity index (χ3n) is 5.75. The average Bonchev–Trinajstić information content (AvgIpc) is 2.80. The van der Waals surface area contributed by atoms with Crippen LogP contribution < -0.4 is 27.0 Å². The van der Waals surface area contributed by atoms with Crippen LogP contribution in [0.15, 0.2) is 0 Å². The molecule has 41 heavy (non-hydrogen) atoms. The van der Waals surface area contributed by atoms with Gasteiger partial charge in [-0.05, 0) is 37.0 Å². The van der Waals surface area contributed by atoms with Gasteiger partial charge < -0.3 is 42.3 Å². The van der Waals surface area contributed by atoms with Gasteiger partial charge in [0.15, 0.2) is 0 Å². The van der Waals surface area contributed by atoms with Crippen molar-refractivity contribution < 1.29 is 48.9 Å². The predicted octanol–water partition coefficient (Wildman–Crippen LogP) is -0.575. The van der Waals surface area contributed by atoms with Crippen molar-refractivity contribution in [3.63, 3.8) is 0 Å². The summed E-state index contributed by atoms with van der Waals surface area (Å²) in [5, 5.41) is 36.7. The maximum Gasteiger partial charge on any atom is 0.326 e. The predicted molar refractivity (Wildman–Crippen MR) is 146 cm³/mol. The average molecular weight is 588 g/mol. The maximum absolute atomic E-state index is 13.2. The lowest BCUT2D eigenvalue weighted by Crippen LogP contribution is -2.59. The lowest BCUT2D eigenvalue weighted by atomic mass is 9.98. The topological polar surface area (TPSA) is 254 Å². The van der Waals surface area contributed by atoms with Gasteiger partial charge in [-0.1, -0.05) is 41.5 Å². The molecule has 0 aromatic rings. The van der Waals surface area contributed by atoms with Crippen molar-refractivity contribution >= 4 is 41.5 Å². The van der Waals surface area contributed by atoms with Crippen LogP contribution in [0.2, 0.25) is 0 Å². The number of carbonyl (C=O) groups is 7. The molecule has 234 valence electrons. The number of nitrogens with two attached hydrogens (primary N) is 1. The highest BCUT2D eigenvalue weighted by Crippen LogP contribution is 2.11. The summed E-state index contributed by atoms with van der Waals surface area (Å²) < 4.78 is 0. The molecule has 0 bridgehead atoms. The van der Waals surface area contributed by atoms with E-state index < -0.39 is 84.6 Å². The first kappa shape index (κ1) is 37.2. The van der Waals surface area contributed by atoms with Gasteiger partial charge in [0.2, 0.25) is 23.6 Å². The maximum atomic E-state index is 13.2. The zero-order chi connectivity index (χ0) is 32.0. The number of rotatable bonds is 19. The fourth-order valence-corrected chi connectivity index (χ4v) is 3.88. The second-order valence-corrected chi connectivity index (χ2v) is 11.3. The normalized spacial score (nSPS) is 14.9. The SMILES string of the molecule is CC(C)C[C@H](NC(=O)[C@H](CC(C)C)NC(=O)[C@@H](N)CC(C)C)C(=O)N[C@@H](CC(=O)O)C(=O)N[C@@H](CC(=O)O)C(=O)O. The number of carboxylic acids is 3. The fraction of sp³-hybridized carbons (Fsp3) is 0.731. The summed E-state index contributed by atoms with van der Waals surface area (Å²) in [7, 11) is 0. The molecule has 0 aliphatic rings. The van der Waals surface area contributed by atoms with E-state index in [-0.39, 0.29) is 30.6 Å². The highest BCUT2D eigenvalue weighted by atomic mass is 16.4. The molecule has 15 heteroatoms. The summed E-state index contributed by atoms with van der Waals surface area (Å²) in [5.41, 5.74) is 5.95. The summed E-state index contributed by atoms with van der Waals surface area (Å²) in [4.78, 5) is 85.4. The first-order chi connectivity index (χ1) is 18.8. The fourth-order valence-electron chi connectivity index (χ4n) is 3.88. The van der Waals surface area contributed by atoms with Gasteiger partial charge in [-0.15, -0.1) is 0 Å². The molecule has 4 amide bonds. The minimum atomic E-state index is -1.87. The van der Waals surface area contributed by atoms with E-state index in [1.807, 2.05) is 33.0 Å². The number of hydrogen-bond donors (Lipinski definition) is 8. The van der Waals surface area contributed by atoms with E-state index in [1.165, 1.54) is 0 Å². The number of nitrogens with one attached hydrogen (secondary N) is 4. The van der Waals surface area contributed by atoms with Crippen LogP contribution in [0.1, 0.15) is 73.6 Å². The van der Waals surface area contributed by atoms with Gasteiger partial charge in [0.25, 0.3) is 0 Å². The van der Waals surface area contributed by atoms with Crippen LogP contribution >= 0.6 is 0 Å². The lowest BCUT2D eigenvalue weighted by Gasteiger charge is -2.27.